The van der Waals surface area contributed by atoms with Gasteiger partial charge in [0.05, 0.1) is 24.1 Å². The molecule has 116 valence electrons. The minimum atomic E-state index is -3.79. The number of carbonyl (C=O) groups excluding carboxylic acids is 1. The summed E-state index contributed by atoms with van der Waals surface area (Å²) in [5.74, 6) is -2.13. The van der Waals surface area contributed by atoms with E-state index in [-0.39, 0.29) is 34.9 Å². The largest absolute Gasteiger partial charge is 0.478 e. The summed E-state index contributed by atoms with van der Waals surface area (Å²) >= 11 is 5.73. The van der Waals surface area contributed by atoms with Gasteiger partial charge in [-0.15, -0.1) is 0 Å². The lowest BCUT2D eigenvalue weighted by atomic mass is 10.2. The molecule has 0 aliphatic heterocycles. The molecule has 0 amide bonds. The summed E-state index contributed by atoms with van der Waals surface area (Å²) in [5, 5.41) is 9.20. The van der Waals surface area contributed by atoms with Gasteiger partial charge in [0.1, 0.15) is 0 Å². The van der Waals surface area contributed by atoms with Gasteiger partial charge in [-0.3, -0.25) is 9.52 Å². The highest BCUT2D eigenvalue weighted by molar-refractivity contribution is 7.92. The first-order valence-electron chi connectivity index (χ1n) is 5.85. The summed E-state index contributed by atoms with van der Waals surface area (Å²) in [6, 6.07) is 3.76. The van der Waals surface area contributed by atoms with E-state index < -0.39 is 22.0 Å². The first-order valence-corrected chi connectivity index (χ1v) is 7.88. The van der Waals surface area contributed by atoms with Crippen molar-refractivity contribution in [3.05, 3.63) is 28.8 Å². The Hall–Kier alpha value is -1.80. The lowest BCUT2D eigenvalue weighted by Crippen LogP contribution is -2.19. The molecular weight excluding hydrogens is 322 g/mol. The number of carbonyl (C=O) groups is 2. The molecule has 2 N–H and O–H groups in total. The second-order valence-corrected chi connectivity index (χ2v) is 6.37. The molecule has 0 saturated heterocycles. The van der Waals surface area contributed by atoms with E-state index in [0.717, 1.165) is 0 Å². The van der Waals surface area contributed by atoms with E-state index in [9.17, 15) is 18.0 Å². The molecule has 1 aromatic carbocycles. The number of hydrogen-bond donors (Lipinski definition) is 2. The maximum atomic E-state index is 11.9. The normalized spacial score (nSPS) is 11.0. The highest BCUT2D eigenvalue weighted by Gasteiger charge is 2.17. The van der Waals surface area contributed by atoms with Crippen LogP contribution >= 0.6 is 11.6 Å². The van der Waals surface area contributed by atoms with Crippen molar-refractivity contribution >= 4 is 39.3 Å². The van der Waals surface area contributed by atoms with Crippen LogP contribution in [0.5, 0.6) is 0 Å². The highest BCUT2D eigenvalue weighted by Crippen LogP contribution is 2.22. The van der Waals surface area contributed by atoms with Crippen LogP contribution in [-0.2, 0) is 19.6 Å². The lowest BCUT2D eigenvalue weighted by molar-refractivity contribution is -0.140. The van der Waals surface area contributed by atoms with E-state index in [1.54, 1.807) is 0 Å². The summed E-state index contributed by atoms with van der Waals surface area (Å²) in [6.07, 6.45) is 0.0176. The fourth-order valence-corrected chi connectivity index (χ4v) is 2.82. The van der Waals surface area contributed by atoms with Gasteiger partial charge < -0.3 is 9.84 Å². The molecule has 0 unspecified atom stereocenters. The molecule has 0 spiro atoms. The fraction of sp³-hybridized carbons (Fsp3) is 0.333. The van der Waals surface area contributed by atoms with Gasteiger partial charge in [-0.2, -0.15) is 0 Å². The predicted molar refractivity (Wildman–Crippen MR) is 77.1 cm³/mol. The molecule has 7 nitrogen and oxygen atoms in total. The number of aromatic carboxylic acids is 1. The third-order valence-corrected chi connectivity index (χ3v) is 4.09. The van der Waals surface area contributed by atoms with Gasteiger partial charge in [0.15, 0.2) is 0 Å². The number of esters is 1. The summed E-state index contributed by atoms with van der Waals surface area (Å²) in [7, 11) is -2.58. The van der Waals surface area contributed by atoms with E-state index >= 15 is 0 Å². The average Bonchev–Trinajstić information content (AvgIpc) is 2.37. The first-order chi connectivity index (χ1) is 9.75. The summed E-state index contributed by atoms with van der Waals surface area (Å²) in [4.78, 5) is 21.9. The van der Waals surface area contributed by atoms with E-state index in [2.05, 4.69) is 9.46 Å². The van der Waals surface area contributed by atoms with Gasteiger partial charge in [-0.25, -0.2) is 13.2 Å². The van der Waals surface area contributed by atoms with Crippen molar-refractivity contribution in [2.24, 2.45) is 0 Å². The van der Waals surface area contributed by atoms with Gasteiger partial charge in [0.25, 0.3) is 0 Å². The smallest absolute Gasteiger partial charge is 0.337 e. The Morgan fingerprint density at radius 3 is 2.62 bits per heavy atom. The van der Waals surface area contributed by atoms with Gasteiger partial charge in [0, 0.05) is 11.4 Å². The standard InChI is InChI=1S/C12H14ClNO6S/c1-20-11(15)3-2-6-21(18,19)14-10-7-8(13)4-5-9(10)12(16)17/h4-5,7,14H,2-3,6H2,1H3,(H,16,17). The molecule has 21 heavy (non-hydrogen) atoms. The molecule has 0 aromatic heterocycles. The number of nitrogens with one attached hydrogen (secondary N) is 1. The van der Waals surface area contributed by atoms with Crippen molar-refractivity contribution in [2.45, 2.75) is 12.8 Å². The van der Waals surface area contributed by atoms with Gasteiger partial charge in [-0.1, -0.05) is 11.6 Å². The van der Waals surface area contributed by atoms with Crippen LogP contribution in [0.3, 0.4) is 0 Å². The zero-order valence-corrected chi connectivity index (χ0v) is 12.7. The Morgan fingerprint density at radius 1 is 1.38 bits per heavy atom. The predicted octanol–water partition coefficient (Wildman–Crippen LogP) is 1.73. The van der Waals surface area contributed by atoms with Gasteiger partial charge >= 0.3 is 11.9 Å². The summed E-state index contributed by atoms with van der Waals surface area (Å²) in [5.41, 5.74) is -0.330. The summed E-state index contributed by atoms with van der Waals surface area (Å²) < 4.78 is 30.3. The summed E-state index contributed by atoms with van der Waals surface area (Å²) in [6.45, 7) is 0. The third-order valence-electron chi connectivity index (χ3n) is 2.50. The van der Waals surface area contributed by atoms with Crippen LogP contribution in [0.25, 0.3) is 0 Å². The molecule has 0 radical (unpaired) electrons. The zero-order chi connectivity index (χ0) is 16.0. The fourth-order valence-electron chi connectivity index (χ4n) is 1.51. The van der Waals surface area contributed by atoms with Crippen molar-refractivity contribution in [3.63, 3.8) is 0 Å². The van der Waals surface area contributed by atoms with E-state index in [1.165, 1.54) is 25.3 Å². The maximum absolute atomic E-state index is 11.9. The Morgan fingerprint density at radius 2 is 2.05 bits per heavy atom. The molecule has 1 aromatic rings. The second-order valence-electron chi connectivity index (χ2n) is 4.10. The number of sulfonamides is 1. The number of anilines is 1. The Labute approximate surface area is 126 Å². The molecule has 0 aliphatic carbocycles. The van der Waals surface area contributed by atoms with Crippen LogP contribution in [0.1, 0.15) is 23.2 Å². The van der Waals surface area contributed by atoms with Crippen molar-refractivity contribution in [1.29, 1.82) is 0 Å². The van der Waals surface area contributed by atoms with Crippen LogP contribution in [0.15, 0.2) is 18.2 Å². The minimum absolute atomic E-state index is 0.0429. The molecule has 0 heterocycles. The topological polar surface area (TPSA) is 110 Å². The van der Waals surface area contributed by atoms with Gasteiger partial charge in [-0.05, 0) is 24.6 Å². The van der Waals surface area contributed by atoms with Crippen LogP contribution in [-0.4, -0.2) is 38.3 Å². The number of benzene rings is 1. The number of carboxylic acids is 1. The van der Waals surface area contributed by atoms with Crippen molar-refractivity contribution in [3.8, 4) is 0 Å². The number of halogens is 1. The van der Waals surface area contributed by atoms with Crippen LogP contribution < -0.4 is 4.72 Å². The van der Waals surface area contributed by atoms with Crippen molar-refractivity contribution in [2.75, 3.05) is 17.6 Å². The van der Waals surface area contributed by atoms with Crippen molar-refractivity contribution < 1.29 is 27.9 Å². The van der Waals surface area contributed by atoms with Crippen LogP contribution in [0.4, 0.5) is 5.69 Å². The van der Waals surface area contributed by atoms with E-state index in [1.807, 2.05) is 0 Å². The lowest BCUT2D eigenvalue weighted by Gasteiger charge is -2.10. The molecule has 0 bridgehead atoms. The zero-order valence-electron chi connectivity index (χ0n) is 11.1. The number of carboxylic acid groups (broad SMARTS) is 1. The molecule has 0 fully saturated rings. The van der Waals surface area contributed by atoms with Crippen LogP contribution in [0.2, 0.25) is 5.02 Å². The van der Waals surface area contributed by atoms with E-state index in [4.69, 9.17) is 16.7 Å². The molecular formula is C12H14ClNO6S. The van der Waals surface area contributed by atoms with Crippen LogP contribution in [0, 0.1) is 0 Å². The third kappa shape index (κ3) is 5.60. The maximum Gasteiger partial charge on any atom is 0.337 e. The molecule has 0 aliphatic rings. The average molecular weight is 336 g/mol. The Balaban J connectivity index is 2.82. The number of rotatable bonds is 7. The molecule has 0 atom stereocenters. The number of ether oxygens (including phenoxy) is 1. The minimum Gasteiger partial charge on any atom is -0.478 e. The first kappa shape index (κ1) is 17.3. The van der Waals surface area contributed by atoms with Crippen molar-refractivity contribution in [1.82, 2.24) is 0 Å². The Kier molecular flexibility index (Phi) is 5.98. The number of methoxy groups -OCH3 is 1. The SMILES string of the molecule is COC(=O)CCCS(=O)(=O)Nc1cc(Cl)ccc1C(=O)O. The molecule has 0 saturated carbocycles. The van der Waals surface area contributed by atoms with E-state index in [0.29, 0.717) is 0 Å². The molecule has 1 rings (SSSR count). The number of hydrogen-bond acceptors (Lipinski definition) is 5. The quantitative estimate of drug-likeness (QED) is 0.734. The highest BCUT2D eigenvalue weighted by atomic mass is 35.5. The van der Waals surface area contributed by atoms with Gasteiger partial charge in [0.2, 0.25) is 10.0 Å². The second kappa shape index (κ2) is 7.28. The molecule has 9 heteroatoms. The Bertz CT molecular complexity index is 643. The monoisotopic (exact) mass is 335 g/mol.